The fourth-order valence-electron chi connectivity index (χ4n) is 3.01. The Balaban J connectivity index is 1.86. The average Bonchev–Trinajstić information content (AvgIpc) is 3.05. The Hall–Kier alpha value is -2.32. The molecule has 1 unspecified atom stereocenters. The lowest BCUT2D eigenvalue weighted by Crippen LogP contribution is -2.37. The predicted molar refractivity (Wildman–Crippen MR) is 132 cm³/mol. The second-order valence-electron chi connectivity index (χ2n) is 7.29. The molecule has 0 aromatic heterocycles. The van der Waals surface area contributed by atoms with E-state index in [0.29, 0.717) is 33.1 Å². The Labute approximate surface area is 201 Å². The van der Waals surface area contributed by atoms with Crippen LogP contribution in [-0.2, 0) is 14.3 Å². The van der Waals surface area contributed by atoms with Crippen LogP contribution in [0.15, 0.2) is 53.2 Å². The van der Waals surface area contributed by atoms with Crippen LogP contribution in [-0.4, -0.2) is 42.5 Å². The van der Waals surface area contributed by atoms with Crippen LogP contribution in [0.3, 0.4) is 0 Å². The van der Waals surface area contributed by atoms with E-state index in [0.717, 1.165) is 5.56 Å². The minimum Gasteiger partial charge on any atom is -0.383 e. The summed E-state index contributed by atoms with van der Waals surface area (Å²) in [6.45, 7) is 4.25. The minimum atomic E-state index is -0.282. The van der Waals surface area contributed by atoms with E-state index in [1.54, 1.807) is 31.4 Å². The molecule has 1 aliphatic heterocycles. The number of ether oxygens (including phenoxy) is 1. The van der Waals surface area contributed by atoms with E-state index in [2.05, 4.69) is 10.3 Å². The molecule has 9 heteroatoms. The van der Waals surface area contributed by atoms with Crippen LogP contribution in [0.5, 0.6) is 0 Å². The average molecular weight is 492 g/mol. The number of halogens is 2. The molecular weight excluding hydrogens is 469 g/mol. The fraction of sp³-hybridized carbons (Fsp3) is 0.261. The van der Waals surface area contributed by atoms with Gasteiger partial charge in [-0.15, -0.1) is 0 Å². The Morgan fingerprint density at radius 1 is 1.22 bits per heavy atom. The van der Waals surface area contributed by atoms with Crippen molar-refractivity contribution in [2.75, 3.05) is 24.4 Å². The van der Waals surface area contributed by atoms with Gasteiger partial charge in [0.15, 0.2) is 5.17 Å². The third-order valence-electron chi connectivity index (χ3n) is 4.53. The first-order chi connectivity index (χ1) is 15.3. The van der Waals surface area contributed by atoms with Gasteiger partial charge in [-0.2, -0.15) is 0 Å². The van der Waals surface area contributed by atoms with Crippen molar-refractivity contribution >= 4 is 63.7 Å². The SMILES string of the molecule is COCC(C)NC(=O)CSC1=N/C(=C\c2ccc(Cl)c(Cl)c2)C(=O)N1c1ccc(C)cc1. The normalized spacial score (nSPS) is 15.8. The number of rotatable bonds is 7. The zero-order valence-corrected chi connectivity index (χ0v) is 20.2. The third-order valence-corrected chi connectivity index (χ3v) is 6.20. The molecule has 0 saturated heterocycles. The van der Waals surface area contributed by atoms with Gasteiger partial charge in [-0.3, -0.25) is 14.5 Å². The molecule has 0 aliphatic carbocycles. The molecule has 2 amide bonds. The van der Waals surface area contributed by atoms with Crippen molar-refractivity contribution < 1.29 is 14.3 Å². The Bertz CT molecular complexity index is 1070. The molecule has 6 nitrogen and oxygen atoms in total. The first-order valence-corrected chi connectivity index (χ1v) is 11.6. The molecule has 2 aromatic carbocycles. The lowest BCUT2D eigenvalue weighted by Gasteiger charge is -2.18. The van der Waals surface area contributed by atoms with E-state index in [4.69, 9.17) is 27.9 Å². The quantitative estimate of drug-likeness (QED) is 0.557. The van der Waals surface area contributed by atoms with Gasteiger partial charge in [-0.05, 0) is 49.8 Å². The molecule has 2 aromatic rings. The van der Waals surface area contributed by atoms with E-state index in [-0.39, 0.29) is 29.3 Å². The summed E-state index contributed by atoms with van der Waals surface area (Å²) in [5.74, 6) is -0.334. The van der Waals surface area contributed by atoms with Gasteiger partial charge in [-0.25, -0.2) is 4.99 Å². The van der Waals surface area contributed by atoms with Crippen LogP contribution in [0, 0.1) is 6.92 Å². The molecule has 1 atom stereocenters. The highest BCUT2D eigenvalue weighted by Crippen LogP contribution is 2.30. The number of benzene rings is 2. The maximum atomic E-state index is 13.2. The number of aliphatic imine (C=N–C) groups is 1. The van der Waals surface area contributed by atoms with Crippen molar-refractivity contribution in [1.82, 2.24) is 5.32 Å². The van der Waals surface area contributed by atoms with Crippen molar-refractivity contribution in [3.05, 3.63) is 69.3 Å². The van der Waals surface area contributed by atoms with Gasteiger partial charge in [0.05, 0.1) is 28.1 Å². The number of carbonyl (C=O) groups excluding carboxylic acids is 2. The van der Waals surface area contributed by atoms with Crippen molar-refractivity contribution in [2.24, 2.45) is 4.99 Å². The number of methoxy groups -OCH3 is 1. The summed E-state index contributed by atoms with van der Waals surface area (Å²) in [5.41, 5.74) is 2.70. The van der Waals surface area contributed by atoms with Gasteiger partial charge in [-0.1, -0.05) is 58.7 Å². The van der Waals surface area contributed by atoms with E-state index >= 15 is 0 Å². The number of anilines is 1. The molecule has 1 N–H and O–H groups in total. The van der Waals surface area contributed by atoms with Crippen LogP contribution < -0.4 is 10.2 Å². The van der Waals surface area contributed by atoms with Crippen LogP contribution in [0.1, 0.15) is 18.1 Å². The summed E-state index contributed by atoms with van der Waals surface area (Å²) in [6.07, 6.45) is 1.65. The molecular formula is C23H23Cl2N3O3S. The zero-order chi connectivity index (χ0) is 23.3. The maximum absolute atomic E-state index is 13.2. The number of hydrogen-bond donors (Lipinski definition) is 1. The standard InChI is InChI=1S/C23H23Cl2N3O3S/c1-14-4-7-17(8-5-14)28-22(30)20(11-16-6-9-18(24)19(25)10-16)27-23(28)32-13-21(29)26-15(2)12-31-3/h4-11,15H,12-13H2,1-3H3,(H,26,29)/b20-11-. The van der Waals surface area contributed by atoms with Crippen molar-refractivity contribution in [1.29, 1.82) is 0 Å². The third kappa shape index (κ3) is 6.13. The maximum Gasteiger partial charge on any atom is 0.283 e. The van der Waals surface area contributed by atoms with Crippen molar-refractivity contribution in [3.63, 3.8) is 0 Å². The summed E-state index contributed by atoms with van der Waals surface area (Å²) >= 11 is 13.3. The van der Waals surface area contributed by atoms with Crippen molar-refractivity contribution in [2.45, 2.75) is 19.9 Å². The van der Waals surface area contributed by atoms with Gasteiger partial charge < -0.3 is 10.1 Å². The van der Waals surface area contributed by atoms with E-state index in [9.17, 15) is 9.59 Å². The highest BCUT2D eigenvalue weighted by atomic mass is 35.5. The molecule has 0 bridgehead atoms. The lowest BCUT2D eigenvalue weighted by atomic mass is 10.2. The first kappa shape index (κ1) is 24.3. The van der Waals surface area contributed by atoms with E-state index in [1.807, 2.05) is 38.1 Å². The highest BCUT2D eigenvalue weighted by molar-refractivity contribution is 8.14. The number of amidine groups is 1. The molecule has 0 radical (unpaired) electrons. The number of nitrogens with zero attached hydrogens (tertiary/aromatic N) is 2. The predicted octanol–water partition coefficient (Wildman–Crippen LogP) is 4.93. The molecule has 0 fully saturated rings. The molecule has 1 heterocycles. The topological polar surface area (TPSA) is 71.0 Å². The summed E-state index contributed by atoms with van der Waals surface area (Å²) in [7, 11) is 1.58. The van der Waals surface area contributed by atoms with Gasteiger partial charge in [0.25, 0.3) is 5.91 Å². The second-order valence-corrected chi connectivity index (χ2v) is 9.04. The Morgan fingerprint density at radius 2 is 1.94 bits per heavy atom. The smallest absolute Gasteiger partial charge is 0.283 e. The monoisotopic (exact) mass is 491 g/mol. The van der Waals surface area contributed by atoms with Crippen LogP contribution in [0.25, 0.3) is 6.08 Å². The lowest BCUT2D eigenvalue weighted by molar-refractivity contribution is -0.119. The highest BCUT2D eigenvalue weighted by Gasteiger charge is 2.32. The molecule has 32 heavy (non-hydrogen) atoms. The molecule has 0 saturated carbocycles. The number of carbonyl (C=O) groups is 2. The summed E-state index contributed by atoms with van der Waals surface area (Å²) in [5, 5.41) is 4.11. The molecule has 168 valence electrons. The van der Waals surface area contributed by atoms with Gasteiger partial charge in [0, 0.05) is 13.2 Å². The Morgan fingerprint density at radius 3 is 2.59 bits per heavy atom. The zero-order valence-electron chi connectivity index (χ0n) is 17.9. The number of aryl methyl sites for hydroxylation is 1. The van der Waals surface area contributed by atoms with Gasteiger partial charge >= 0.3 is 0 Å². The van der Waals surface area contributed by atoms with Gasteiger partial charge in [0.1, 0.15) is 5.70 Å². The second kappa shape index (κ2) is 11.0. The Kier molecular flexibility index (Phi) is 8.37. The van der Waals surface area contributed by atoms with Crippen LogP contribution >= 0.6 is 35.0 Å². The molecule has 1 aliphatic rings. The van der Waals surface area contributed by atoms with Gasteiger partial charge in [0.2, 0.25) is 5.91 Å². The fourth-order valence-corrected chi connectivity index (χ4v) is 4.14. The summed E-state index contributed by atoms with van der Waals surface area (Å²) in [4.78, 5) is 31.6. The number of amides is 2. The number of nitrogens with one attached hydrogen (secondary N) is 1. The summed E-state index contributed by atoms with van der Waals surface area (Å²) in [6, 6.07) is 12.5. The molecule has 0 spiro atoms. The number of thioether (sulfide) groups is 1. The van der Waals surface area contributed by atoms with E-state index < -0.39 is 0 Å². The first-order valence-electron chi connectivity index (χ1n) is 9.86. The largest absolute Gasteiger partial charge is 0.383 e. The van der Waals surface area contributed by atoms with Crippen LogP contribution in [0.4, 0.5) is 5.69 Å². The van der Waals surface area contributed by atoms with Crippen molar-refractivity contribution in [3.8, 4) is 0 Å². The number of hydrogen-bond acceptors (Lipinski definition) is 5. The van der Waals surface area contributed by atoms with Crippen LogP contribution in [0.2, 0.25) is 10.0 Å². The summed E-state index contributed by atoms with van der Waals surface area (Å²) < 4.78 is 5.04. The molecule has 3 rings (SSSR count). The van der Waals surface area contributed by atoms with E-state index in [1.165, 1.54) is 16.7 Å². The minimum absolute atomic E-state index is 0.112.